The molecule has 1 heterocycles. The first-order valence-corrected chi connectivity index (χ1v) is 12.6. The van der Waals surface area contributed by atoms with Gasteiger partial charge in [0.2, 0.25) is 0 Å². The van der Waals surface area contributed by atoms with Crippen LogP contribution in [0.4, 0.5) is 18.9 Å². The van der Waals surface area contributed by atoms with Gasteiger partial charge in [0.1, 0.15) is 5.01 Å². The van der Waals surface area contributed by atoms with Crippen molar-refractivity contribution in [1.82, 2.24) is 4.98 Å². The van der Waals surface area contributed by atoms with Crippen LogP contribution in [0.15, 0.2) is 49.0 Å². The van der Waals surface area contributed by atoms with Gasteiger partial charge in [0, 0.05) is 29.7 Å². The number of nitrogens with zero attached hydrogens (tertiary/aromatic N) is 2. The number of carboxylic acids is 1. The third-order valence-electron chi connectivity index (χ3n) is 6.06. The molecule has 0 spiro atoms. The average Bonchev–Trinajstić information content (AvgIpc) is 3.25. The number of benzene rings is 2. The number of hydrogen-bond acceptors (Lipinski definition) is 4. The van der Waals surface area contributed by atoms with Gasteiger partial charge in [-0.1, -0.05) is 38.6 Å². The minimum absolute atomic E-state index is 0.0753. The summed E-state index contributed by atoms with van der Waals surface area (Å²) in [4.78, 5) is 18.7. The Morgan fingerprint density at radius 3 is 2.36 bits per heavy atom. The van der Waals surface area contributed by atoms with E-state index in [0.29, 0.717) is 12.1 Å². The Hall–Kier alpha value is -3.13. The molecule has 0 aliphatic heterocycles. The van der Waals surface area contributed by atoms with Crippen molar-refractivity contribution < 1.29 is 23.1 Å². The molecule has 1 aromatic heterocycles. The Morgan fingerprint density at radius 2 is 1.81 bits per heavy atom. The van der Waals surface area contributed by atoms with Gasteiger partial charge in [-0.3, -0.25) is 4.79 Å². The molecule has 0 fully saturated rings. The molecule has 4 nitrogen and oxygen atoms in total. The second-order valence-electron chi connectivity index (χ2n) is 9.23. The Kier molecular flexibility index (Phi) is 8.61. The molecule has 0 saturated carbocycles. The van der Waals surface area contributed by atoms with Gasteiger partial charge in [-0.05, 0) is 66.6 Å². The highest BCUT2D eigenvalue weighted by Crippen LogP contribution is 2.36. The number of rotatable bonds is 10. The molecular formula is C28H31F3N2O2S. The fraction of sp³-hybridized carbons (Fsp3) is 0.357. The first-order valence-electron chi connectivity index (χ1n) is 11.8. The zero-order valence-electron chi connectivity index (χ0n) is 20.9. The predicted molar refractivity (Wildman–Crippen MR) is 141 cm³/mol. The summed E-state index contributed by atoms with van der Waals surface area (Å²) in [5.41, 5.74) is 5.02. The van der Waals surface area contributed by atoms with E-state index in [1.54, 1.807) is 0 Å². The van der Waals surface area contributed by atoms with E-state index >= 15 is 0 Å². The van der Waals surface area contributed by atoms with Gasteiger partial charge in [0.05, 0.1) is 17.7 Å². The second kappa shape index (κ2) is 11.3. The average molecular weight is 517 g/mol. The van der Waals surface area contributed by atoms with Gasteiger partial charge < -0.3 is 10.0 Å². The van der Waals surface area contributed by atoms with Gasteiger partial charge in [0.15, 0.2) is 0 Å². The molecule has 0 aliphatic carbocycles. The van der Waals surface area contributed by atoms with E-state index in [0.717, 1.165) is 62.9 Å². The molecule has 0 atom stereocenters. The number of aliphatic carboxylic acids is 1. The van der Waals surface area contributed by atoms with E-state index in [-0.39, 0.29) is 12.3 Å². The summed E-state index contributed by atoms with van der Waals surface area (Å²) >= 11 is 1.52. The summed E-state index contributed by atoms with van der Waals surface area (Å²) in [5, 5.41) is 9.65. The third kappa shape index (κ3) is 6.75. The van der Waals surface area contributed by atoms with Gasteiger partial charge in [-0.25, -0.2) is 4.98 Å². The highest BCUT2D eigenvalue weighted by molar-refractivity contribution is 7.15. The number of hydrogen-bond donors (Lipinski definition) is 1. The van der Waals surface area contributed by atoms with Crippen molar-refractivity contribution in [2.75, 3.05) is 18.5 Å². The quantitative estimate of drug-likeness (QED) is 0.298. The number of anilines is 1. The van der Waals surface area contributed by atoms with Crippen LogP contribution in [0, 0.1) is 6.92 Å². The zero-order valence-corrected chi connectivity index (χ0v) is 21.8. The van der Waals surface area contributed by atoms with Crippen LogP contribution in [-0.2, 0) is 17.4 Å². The van der Waals surface area contributed by atoms with E-state index in [9.17, 15) is 18.0 Å². The summed E-state index contributed by atoms with van der Waals surface area (Å²) in [6, 6.07) is 11.2. The standard InChI is InChI=1S/C28H31F3N2O2S/c1-17(2)26-24(36-27(32-26)20-7-10-22(11-8-20)28(29,30)31)13-6-18(3)21-9-12-23(19(4)16-21)33(5)15-14-25(34)35/h7-12,16-17H,3,6,13-15H2,1-2,4-5H3,(H,34,35). The number of alkyl halides is 3. The maximum Gasteiger partial charge on any atom is 0.416 e. The van der Waals surface area contributed by atoms with Crippen molar-refractivity contribution in [3.63, 3.8) is 0 Å². The Morgan fingerprint density at radius 1 is 1.14 bits per heavy atom. The van der Waals surface area contributed by atoms with Crippen molar-refractivity contribution in [2.45, 2.75) is 52.1 Å². The maximum atomic E-state index is 12.9. The van der Waals surface area contributed by atoms with Crippen molar-refractivity contribution in [3.05, 3.63) is 76.3 Å². The molecular weight excluding hydrogens is 485 g/mol. The molecule has 1 N–H and O–H groups in total. The van der Waals surface area contributed by atoms with E-state index in [2.05, 4.69) is 26.5 Å². The van der Waals surface area contributed by atoms with Gasteiger partial charge in [-0.2, -0.15) is 13.2 Å². The molecule has 0 unspecified atom stereocenters. The summed E-state index contributed by atoms with van der Waals surface area (Å²) < 4.78 is 38.8. The lowest BCUT2D eigenvalue weighted by molar-refractivity contribution is -0.138. The van der Waals surface area contributed by atoms with Crippen LogP contribution < -0.4 is 4.90 Å². The normalized spacial score (nSPS) is 11.7. The number of allylic oxidation sites excluding steroid dienone is 1. The number of aromatic nitrogens is 1. The predicted octanol–water partition coefficient (Wildman–Crippen LogP) is 7.82. The minimum Gasteiger partial charge on any atom is -0.481 e. The minimum atomic E-state index is -4.36. The Bertz CT molecular complexity index is 1230. The largest absolute Gasteiger partial charge is 0.481 e. The van der Waals surface area contributed by atoms with Crippen LogP contribution in [0.1, 0.15) is 59.9 Å². The summed E-state index contributed by atoms with van der Waals surface area (Å²) in [5.74, 6) is -0.634. The lowest BCUT2D eigenvalue weighted by Crippen LogP contribution is -2.21. The van der Waals surface area contributed by atoms with Crippen molar-refractivity contribution in [2.24, 2.45) is 0 Å². The molecule has 3 rings (SSSR count). The Balaban J connectivity index is 1.73. The molecule has 0 aliphatic rings. The van der Waals surface area contributed by atoms with Crippen LogP contribution in [0.5, 0.6) is 0 Å². The SMILES string of the molecule is C=C(CCc1sc(-c2ccc(C(F)(F)F)cc2)nc1C(C)C)c1ccc(N(C)CCC(=O)O)c(C)c1. The van der Waals surface area contributed by atoms with Gasteiger partial charge >= 0.3 is 12.1 Å². The first kappa shape index (κ1) is 27.5. The summed E-state index contributed by atoms with van der Waals surface area (Å²) in [7, 11) is 1.88. The third-order valence-corrected chi connectivity index (χ3v) is 7.24. The van der Waals surface area contributed by atoms with Crippen LogP contribution in [0.25, 0.3) is 16.1 Å². The van der Waals surface area contributed by atoms with Crippen molar-refractivity contribution in [3.8, 4) is 10.6 Å². The molecule has 0 bridgehead atoms. The maximum absolute atomic E-state index is 12.9. The molecule has 0 amide bonds. The van der Waals surface area contributed by atoms with Crippen LogP contribution in [-0.4, -0.2) is 29.7 Å². The smallest absolute Gasteiger partial charge is 0.416 e. The number of halogens is 3. The molecule has 0 radical (unpaired) electrons. The number of thiazole rings is 1. The Labute approximate surface area is 214 Å². The molecule has 192 valence electrons. The first-order chi connectivity index (χ1) is 16.9. The van der Waals surface area contributed by atoms with Crippen molar-refractivity contribution in [1.29, 1.82) is 0 Å². The monoisotopic (exact) mass is 516 g/mol. The summed E-state index contributed by atoms with van der Waals surface area (Å²) in [6.45, 7) is 10.8. The second-order valence-corrected chi connectivity index (χ2v) is 10.3. The molecule has 36 heavy (non-hydrogen) atoms. The molecule has 2 aromatic carbocycles. The van der Waals surface area contributed by atoms with E-state index in [1.165, 1.54) is 23.5 Å². The lowest BCUT2D eigenvalue weighted by Gasteiger charge is -2.21. The van der Waals surface area contributed by atoms with Gasteiger partial charge in [0.25, 0.3) is 0 Å². The van der Waals surface area contributed by atoms with Crippen LogP contribution >= 0.6 is 11.3 Å². The molecule has 3 aromatic rings. The fourth-order valence-corrected chi connectivity index (χ4v) is 5.24. The van der Waals surface area contributed by atoms with E-state index in [4.69, 9.17) is 10.1 Å². The zero-order chi connectivity index (χ0) is 26.6. The highest BCUT2D eigenvalue weighted by atomic mass is 32.1. The summed E-state index contributed by atoms with van der Waals surface area (Å²) in [6.07, 6.45) is -2.82. The van der Waals surface area contributed by atoms with Gasteiger partial charge in [-0.15, -0.1) is 11.3 Å². The highest BCUT2D eigenvalue weighted by Gasteiger charge is 2.30. The van der Waals surface area contributed by atoms with Crippen molar-refractivity contribution >= 4 is 28.6 Å². The molecule has 8 heteroatoms. The van der Waals surface area contributed by atoms with Crippen LogP contribution in [0.2, 0.25) is 0 Å². The number of carbonyl (C=O) groups is 1. The lowest BCUT2D eigenvalue weighted by atomic mass is 9.98. The number of aryl methyl sites for hydroxylation is 2. The van der Waals surface area contributed by atoms with Crippen LogP contribution in [0.3, 0.4) is 0 Å². The van der Waals surface area contributed by atoms with E-state index < -0.39 is 17.7 Å². The molecule has 0 saturated heterocycles. The van der Waals surface area contributed by atoms with E-state index in [1.807, 2.05) is 31.0 Å². The number of carboxylic acid groups (broad SMARTS) is 1. The fourth-order valence-electron chi connectivity index (χ4n) is 4.02. The topological polar surface area (TPSA) is 53.4 Å².